The molecule has 1 N–H and O–H groups in total. The fourth-order valence-corrected chi connectivity index (χ4v) is 1.27. The Morgan fingerprint density at radius 2 is 1.71 bits per heavy atom. The minimum atomic E-state index is 0.198. The number of halogens is 1. The van der Waals surface area contributed by atoms with Gasteiger partial charge in [0.15, 0.2) is 0 Å². The van der Waals surface area contributed by atoms with Crippen molar-refractivity contribution in [3.05, 3.63) is 41.9 Å². The number of aromatic hydroxyl groups is 1. The highest BCUT2D eigenvalue weighted by Crippen LogP contribution is 2.27. The molecule has 2 aromatic rings. The third-order valence-corrected chi connectivity index (χ3v) is 2.03. The Labute approximate surface area is 86.0 Å². The van der Waals surface area contributed by atoms with Crippen LogP contribution in [0.4, 0.5) is 0 Å². The van der Waals surface area contributed by atoms with Gasteiger partial charge in [0.2, 0.25) is 5.28 Å². The SMILES string of the molecule is Oc1ccccc1-c1cnc(Cl)nc1. The van der Waals surface area contributed by atoms with E-state index in [1.54, 1.807) is 30.6 Å². The normalized spacial score (nSPS) is 10.1. The average molecular weight is 207 g/mol. The van der Waals surface area contributed by atoms with Crippen molar-refractivity contribution in [1.29, 1.82) is 0 Å². The Morgan fingerprint density at radius 3 is 2.36 bits per heavy atom. The Hall–Kier alpha value is -1.61. The number of aromatic nitrogens is 2. The highest BCUT2D eigenvalue weighted by atomic mass is 35.5. The molecule has 0 bridgehead atoms. The minimum Gasteiger partial charge on any atom is -0.507 e. The van der Waals surface area contributed by atoms with E-state index in [0.29, 0.717) is 5.56 Å². The average Bonchev–Trinajstić information content (AvgIpc) is 2.20. The van der Waals surface area contributed by atoms with Crippen LogP contribution in [0.25, 0.3) is 11.1 Å². The fourth-order valence-electron chi connectivity index (χ4n) is 1.17. The number of phenols is 1. The van der Waals surface area contributed by atoms with Crippen LogP contribution in [0.2, 0.25) is 5.28 Å². The van der Waals surface area contributed by atoms with Gasteiger partial charge in [-0.3, -0.25) is 0 Å². The molecule has 0 aliphatic carbocycles. The van der Waals surface area contributed by atoms with Crippen molar-refractivity contribution in [3.8, 4) is 16.9 Å². The first-order valence-electron chi connectivity index (χ1n) is 4.03. The summed E-state index contributed by atoms with van der Waals surface area (Å²) in [4.78, 5) is 7.68. The Balaban J connectivity index is 2.50. The van der Waals surface area contributed by atoms with E-state index in [0.717, 1.165) is 5.56 Å². The standard InChI is InChI=1S/C10H7ClN2O/c11-10-12-5-7(6-13-10)8-3-1-2-4-9(8)14/h1-6,14H. The van der Waals surface area contributed by atoms with Gasteiger partial charge < -0.3 is 5.11 Å². The number of rotatable bonds is 1. The maximum absolute atomic E-state index is 9.54. The summed E-state index contributed by atoms with van der Waals surface area (Å²) in [6.45, 7) is 0. The summed E-state index contributed by atoms with van der Waals surface area (Å²) in [6, 6.07) is 7.01. The molecule has 0 atom stereocenters. The molecule has 0 saturated carbocycles. The van der Waals surface area contributed by atoms with Crippen LogP contribution in [0.3, 0.4) is 0 Å². The number of benzene rings is 1. The molecule has 0 saturated heterocycles. The van der Waals surface area contributed by atoms with E-state index < -0.39 is 0 Å². The molecule has 3 nitrogen and oxygen atoms in total. The zero-order valence-electron chi connectivity index (χ0n) is 7.18. The van der Waals surface area contributed by atoms with Gasteiger partial charge in [-0.1, -0.05) is 18.2 Å². The van der Waals surface area contributed by atoms with Gasteiger partial charge in [-0.05, 0) is 17.7 Å². The first-order valence-corrected chi connectivity index (χ1v) is 4.41. The van der Waals surface area contributed by atoms with Gasteiger partial charge in [0.25, 0.3) is 0 Å². The molecule has 1 aromatic heterocycles. The van der Waals surface area contributed by atoms with Gasteiger partial charge in [-0.2, -0.15) is 0 Å². The molecule has 0 fully saturated rings. The summed E-state index contributed by atoms with van der Waals surface area (Å²) in [5.41, 5.74) is 1.44. The van der Waals surface area contributed by atoms with Crippen molar-refractivity contribution in [2.75, 3.05) is 0 Å². The van der Waals surface area contributed by atoms with Gasteiger partial charge in [-0.15, -0.1) is 0 Å². The smallest absolute Gasteiger partial charge is 0.222 e. The number of nitrogens with zero attached hydrogens (tertiary/aromatic N) is 2. The second-order valence-electron chi connectivity index (χ2n) is 2.76. The lowest BCUT2D eigenvalue weighted by molar-refractivity contribution is 0.477. The highest BCUT2D eigenvalue weighted by molar-refractivity contribution is 6.28. The van der Waals surface area contributed by atoms with Crippen molar-refractivity contribution < 1.29 is 5.11 Å². The van der Waals surface area contributed by atoms with Crippen LogP contribution in [0.15, 0.2) is 36.7 Å². The summed E-state index contributed by atoms with van der Waals surface area (Å²) < 4.78 is 0. The molecular weight excluding hydrogens is 200 g/mol. The highest BCUT2D eigenvalue weighted by Gasteiger charge is 2.03. The molecule has 14 heavy (non-hydrogen) atoms. The maximum Gasteiger partial charge on any atom is 0.222 e. The van der Waals surface area contributed by atoms with Gasteiger partial charge in [0.1, 0.15) is 5.75 Å². The molecule has 0 aliphatic rings. The van der Waals surface area contributed by atoms with Crippen LogP contribution < -0.4 is 0 Å². The molecule has 0 unspecified atom stereocenters. The molecule has 0 radical (unpaired) electrons. The van der Waals surface area contributed by atoms with Crippen LogP contribution in [-0.2, 0) is 0 Å². The van der Waals surface area contributed by atoms with Crippen molar-refractivity contribution >= 4 is 11.6 Å². The molecule has 0 spiro atoms. The monoisotopic (exact) mass is 206 g/mol. The predicted octanol–water partition coefficient (Wildman–Crippen LogP) is 2.50. The van der Waals surface area contributed by atoms with Crippen LogP contribution in [0.5, 0.6) is 5.75 Å². The summed E-state index contributed by atoms with van der Waals surface area (Å²) in [6.07, 6.45) is 3.15. The van der Waals surface area contributed by atoms with Gasteiger partial charge >= 0.3 is 0 Å². The quantitative estimate of drug-likeness (QED) is 0.730. The summed E-state index contributed by atoms with van der Waals surface area (Å²) in [5.74, 6) is 0.207. The van der Waals surface area contributed by atoms with Crippen molar-refractivity contribution in [2.45, 2.75) is 0 Å². The molecule has 1 heterocycles. The third kappa shape index (κ3) is 1.67. The second kappa shape index (κ2) is 3.64. The van der Waals surface area contributed by atoms with Crippen LogP contribution in [-0.4, -0.2) is 15.1 Å². The number of phenolic OH excluding ortho intramolecular Hbond substituents is 1. The van der Waals surface area contributed by atoms with Crippen molar-refractivity contribution in [1.82, 2.24) is 9.97 Å². The molecule has 0 amide bonds. The zero-order valence-corrected chi connectivity index (χ0v) is 7.94. The first kappa shape index (κ1) is 8.97. The van der Waals surface area contributed by atoms with Gasteiger partial charge in [0.05, 0.1) is 0 Å². The largest absolute Gasteiger partial charge is 0.507 e. The van der Waals surface area contributed by atoms with Crippen molar-refractivity contribution in [3.63, 3.8) is 0 Å². The van der Waals surface area contributed by atoms with Crippen molar-refractivity contribution in [2.24, 2.45) is 0 Å². The summed E-state index contributed by atoms with van der Waals surface area (Å²) in [5, 5.41) is 9.74. The summed E-state index contributed by atoms with van der Waals surface area (Å²) >= 11 is 5.55. The maximum atomic E-state index is 9.54. The van der Waals surface area contributed by atoms with E-state index in [1.807, 2.05) is 6.07 Å². The molecule has 4 heteroatoms. The van der Waals surface area contributed by atoms with E-state index in [2.05, 4.69) is 9.97 Å². The molecule has 70 valence electrons. The number of hydrogen-bond acceptors (Lipinski definition) is 3. The number of hydrogen-bond donors (Lipinski definition) is 1. The second-order valence-corrected chi connectivity index (χ2v) is 3.10. The number of para-hydroxylation sites is 1. The Bertz CT molecular complexity index is 442. The lowest BCUT2D eigenvalue weighted by Gasteiger charge is -2.02. The Kier molecular flexibility index (Phi) is 2.33. The van der Waals surface area contributed by atoms with E-state index in [4.69, 9.17) is 11.6 Å². The van der Waals surface area contributed by atoms with E-state index in [1.165, 1.54) is 0 Å². The topological polar surface area (TPSA) is 46.0 Å². The van der Waals surface area contributed by atoms with Crippen LogP contribution >= 0.6 is 11.6 Å². The molecule has 2 rings (SSSR count). The minimum absolute atomic E-state index is 0.198. The third-order valence-electron chi connectivity index (χ3n) is 1.84. The van der Waals surface area contributed by atoms with Gasteiger partial charge in [0, 0.05) is 23.5 Å². The fraction of sp³-hybridized carbons (Fsp3) is 0. The van der Waals surface area contributed by atoms with E-state index in [-0.39, 0.29) is 11.0 Å². The van der Waals surface area contributed by atoms with Gasteiger partial charge in [-0.25, -0.2) is 9.97 Å². The van der Waals surface area contributed by atoms with E-state index in [9.17, 15) is 5.11 Å². The molecule has 1 aromatic carbocycles. The zero-order chi connectivity index (χ0) is 9.97. The molecular formula is C10H7ClN2O. The lowest BCUT2D eigenvalue weighted by atomic mass is 10.1. The van der Waals surface area contributed by atoms with Crippen LogP contribution in [0.1, 0.15) is 0 Å². The molecule has 0 aliphatic heterocycles. The summed E-state index contributed by atoms with van der Waals surface area (Å²) in [7, 11) is 0. The first-order chi connectivity index (χ1) is 6.77. The lowest BCUT2D eigenvalue weighted by Crippen LogP contribution is -1.84. The van der Waals surface area contributed by atoms with Crippen LogP contribution in [0, 0.1) is 0 Å². The van der Waals surface area contributed by atoms with E-state index >= 15 is 0 Å². The Morgan fingerprint density at radius 1 is 1.07 bits per heavy atom. The predicted molar refractivity (Wildman–Crippen MR) is 54.1 cm³/mol.